The molecule has 0 spiro atoms. The van der Waals surface area contributed by atoms with E-state index >= 15 is 0 Å². The van der Waals surface area contributed by atoms with Crippen molar-refractivity contribution in [2.45, 2.75) is 44.9 Å². The van der Waals surface area contributed by atoms with Crippen molar-refractivity contribution in [3.8, 4) is 11.3 Å². The van der Waals surface area contributed by atoms with Crippen molar-refractivity contribution in [2.75, 3.05) is 18.0 Å². The van der Waals surface area contributed by atoms with Crippen LogP contribution in [0.3, 0.4) is 0 Å². The molecule has 9 heteroatoms. The number of rotatable bonds is 2. The average Bonchev–Trinajstić information content (AvgIpc) is 3.40. The fourth-order valence-corrected chi connectivity index (χ4v) is 4.45. The number of anilines is 1. The van der Waals surface area contributed by atoms with Crippen LogP contribution in [0, 0.1) is 0 Å². The van der Waals surface area contributed by atoms with Crippen molar-refractivity contribution in [3.63, 3.8) is 0 Å². The summed E-state index contributed by atoms with van der Waals surface area (Å²) in [4.78, 5) is 30.2. The SMILES string of the molecule is CC(C)(C)OC(=O)N1CC2CC1CN2c1nc(-c2ccnc(Cl)c2)cc2nccn12. The van der Waals surface area contributed by atoms with Crippen molar-refractivity contribution < 1.29 is 9.53 Å². The van der Waals surface area contributed by atoms with Gasteiger partial charge < -0.3 is 14.5 Å². The Balaban J connectivity index is 1.46. The van der Waals surface area contributed by atoms with E-state index in [1.165, 1.54) is 0 Å². The van der Waals surface area contributed by atoms with Crippen LogP contribution < -0.4 is 4.90 Å². The van der Waals surface area contributed by atoms with Gasteiger partial charge in [-0.2, -0.15) is 0 Å². The molecule has 3 aromatic rings. The average molecular weight is 427 g/mol. The third-order valence-electron chi connectivity index (χ3n) is 5.52. The second kappa shape index (κ2) is 6.84. The Labute approximate surface area is 179 Å². The molecule has 0 radical (unpaired) electrons. The van der Waals surface area contributed by atoms with E-state index in [-0.39, 0.29) is 18.2 Å². The van der Waals surface area contributed by atoms with Gasteiger partial charge in [0.05, 0.1) is 17.8 Å². The number of pyridine rings is 1. The molecule has 1 amide bonds. The third kappa shape index (κ3) is 3.35. The monoisotopic (exact) mass is 426 g/mol. The first-order valence-electron chi connectivity index (χ1n) is 10.0. The van der Waals surface area contributed by atoms with Crippen molar-refractivity contribution in [2.24, 2.45) is 0 Å². The number of hydrogen-bond donors (Lipinski definition) is 0. The zero-order valence-corrected chi connectivity index (χ0v) is 17.9. The summed E-state index contributed by atoms with van der Waals surface area (Å²) in [6.07, 6.45) is 6.02. The standard InChI is InChI=1S/C21H23ClN6O2/c1-21(2,3)30-20(29)28-12-14-9-15(28)11-27(14)19-25-16(10-18-24-6-7-26(18)19)13-4-5-23-17(22)8-13/h4-8,10,14-15H,9,11-12H2,1-3H3. The van der Waals surface area contributed by atoms with Crippen LogP contribution >= 0.6 is 11.6 Å². The van der Waals surface area contributed by atoms with Crippen LogP contribution in [-0.4, -0.2) is 61.1 Å². The molecule has 0 aromatic carbocycles. The highest BCUT2D eigenvalue weighted by molar-refractivity contribution is 6.29. The molecule has 5 rings (SSSR count). The number of fused-ring (bicyclic) bond motifs is 3. The molecule has 3 aromatic heterocycles. The molecular weight excluding hydrogens is 404 g/mol. The molecule has 0 N–H and O–H groups in total. The number of hydrogen-bond acceptors (Lipinski definition) is 6. The van der Waals surface area contributed by atoms with E-state index in [1.807, 2.05) is 48.4 Å². The van der Waals surface area contributed by atoms with Gasteiger partial charge >= 0.3 is 6.09 Å². The van der Waals surface area contributed by atoms with Crippen LogP contribution in [0.25, 0.3) is 16.9 Å². The summed E-state index contributed by atoms with van der Waals surface area (Å²) in [5, 5.41) is 0.423. The molecule has 2 atom stereocenters. The van der Waals surface area contributed by atoms with Gasteiger partial charge in [-0.25, -0.2) is 19.7 Å². The Morgan fingerprint density at radius 2 is 2.00 bits per heavy atom. The van der Waals surface area contributed by atoms with Gasteiger partial charge in [-0.1, -0.05) is 11.6 Å². The van der Waals surface area contributed by atoms with Crippen LogP contribution in [0.2, 0.25) is 5.15 Å². The summed E-state index contributed by atoms with van der Waals surface area (Å²) in [5.41, 5.74) is 2.00. The first-order chi connectivity index (χ1) is 14.3. The summed E-state index contributed by atoms with van der Waals surface area (Å²) in [7, 11) is 0. The highest BCUT2D eigenvalue weighted by atomic mass is 35.5. The minimum absolute atomic E-state index is 0.115. The maximum absolute atomic E-state index is 12.6. The number of piperazine rings is 1. The van der Waals surface area contributed by atoms with Gasteiger partial charge in [0.25, 0.3) is 0 Å². The van der Waals surface area contributed by atoms with Gasteiger partial charge in [0, 0.05) is 43.3 Å². The third-order valence-corrected chi connectivity index (χ3v) is 5.73. The quantitative estimate of drug-likeness (QED) is 0.582. The highest BCUT2D eigenvalue weighted by Gasteiger charge is 2.47. The van der Waals surface area contributed by atoms with Gasteiger partial charge in [-0.3, -0.25) is 4.40 Å². The van der Waals surface area contributed by atoms with E-state index in [0.717, 1.165) is 29.3 Å². The molecule has 156 valence electrons. The Kier molecular flexibility index (Phi) is 4.36. The zero-order chi connectivity index (χ0) is 21.0. The Morgan fingerprint density at radius 1 is 1.17 bits per heavy atom. The molecule has 2 aliphatic heterocycles. The van der Waals surface area contributed by atoms with Gasteiger partial charge in [0.15, 0.2) is 0 Å². The molecule has 2 saturated heterocycles. The van der Waals surface area contributed by atoms with Crippen LogP contribution in [-0.2, 0) is 4.74 Å². The van der Waals surface area contributed by atoms with Crippen LogP contribution in [0.15, 0.2) is 36.8 Å². The molecule has 2 aliphatic rings. The van der Waals surface area contributed by atoms with Crippen molar-refractivity contribution in [1.82, 2.24) is 24.3 Å². The topological polar surface area (TPSA) is 75.9 Å². The molecule has 0 aliphatic carbocycles. The lowest BCUT2D eigenvalue weighted by Gasteiger charge is -2.35. The Bertz CT molecular complexity index is 1120. The summed E-state index contributed by atoms with van der Waals surface area (Å²) in [6.45, 7) is 7.01. The largest absolute Gasteiger partial charge is 0.444 e. The first-order valence-corrected chi connectivity index (χ1v) is 10.4. The lowest BCUT2D eigenvalue weighted by atomic mass is 10.2. The molecule has 30 heavy (non-hydrogen) atoms. The summed E-state index contributed by atoms with van der Waals surface area (Å²) >= 11 is 6.08. The maximum Gasteiger partial charge on any atom is 0.410 e. The van der Waals surface area contributed by atoms with Gasteiger partial charge in [0.1, 0.15) is 16.4 Å². The summed E-state index contributed by atoms with van der Waals surface area (Å²) in [6, 6.07) is 5.93. The minimum atomic E-state index is -0.497. The number of amides is 1. The van der Waals surface area contributed by atoms with Crippen LogP contribution in [0.4, 0.5) is 10.7 Å². The zero-order valence-electron chi connectivity index (χ0n) is 17.1. The minimum Gasteiger partial charge on any atom is -0.444 e. The fraction of sp³-hybridized carbons (Fsp3) is 0.429. The normalized spacial score (nSPS) is 20.9. The molecular formula is C21H23ClN6O2. The second-order valence-electron chi connectivity index (χ2n) is 8.79. The molecule has 2 unspecified atom stereocenters. The Hall–Kier alpha value is -2.87. The summed E-state index contributed by atoms with van der Waals surface area (Å²) in [5.74, 6) is 0.823. The fourth-order valence-electron chi connectivity index (χ4n) is 4.28. The number of likely N-dealkylation sites (tertiary alicyclic amines) is 1. The number of imidazole rings is 1. The molecule has 0 saturated carbocycles. The number of ether oxygens (including phenoxy) is 1. The predicted octanol–water partition coefficient (Wildman–Crippen LogP) is 3.64. The van der Waals surface area contributed by atoms with Crippen LogP contribution in [0.5, 0.6) is 0 Å². The van der Waals surface area contributed by atoms with E-state index in [2.05, 4.69) is 14.9 Å². The molecule has 8 nitrogen and oxygen atoms in total. The molecule has 2 bridgehead atoms. The van der Waals surface area contributed by atoms with Crippen LogP contribution in [0.1, 0.15) is 27.2 Å². The highest BCUT2D eigenvalue weighted by Crippen LogP contribution is 2.36. The number of nitrogens with zero attached hydrogens (tertiary/aromatic N) is 6. The van der Waals surface area contributed by atoms with E-state index in [1.54, 1.807) is 18.5 Å². The number of aromatic nitrogens is 4. The van der Waals surface area contributed by atoms with E-state index in [4.69, 9.17) is 21.3 Å². The molecule has 5 heterocycles. The van der Waals surface area contributed by atoms with E-state index < -0.39 is 5.60 Å². The van der Waals surface area contributed by atoms with Gasteiger partial charge in [-0.05, 0) is 39.3 Å². The Morgan fingerprint density at radius 3 is 2.70 bits per heavy atom. The number of carbonyl (C=O) groups is 1. The number of halogens is 1. The maximum atomic E-state index is 12.6. The smallest absolute Gasteiger partial charge is 0.410 e. The predicted molar refractivity (Wildman–Crippen MR) is 114 cm³/mol. The van der Waals surface area contributed by atoms with E-state index in [9.17, 15) is 4.79 Å². The van der Waals surface area contributed by atoms with E-state index in [0.29, 0.717) is 18.2 Å². The summed E-state index contributed by atoms with van der Waals surface area (Å²) < 4.78 is 7.57. The number of carbonyl (C=O) groups excluding carboxylic acids is 1. The molecule has 2 fully saturated rings. The van der Waals surface area contributed by atoms with Crippen molar-refractivity contribution >= 4 is 29.3 Å². The van der Waals surface area contributed by atoms with Crippen molar-refractivity contribution in [3.05, 3.63) is 41.9 Å². The lowest BCUT2D eigenvalue weighted by Crippen LogP contribution is -2.50. The lowest BCUT2D eigenvalue weighted by molar-refractivity contribution is 0.0214. The van der Waals surface area contributed by atoms with Gasteiger partial charge in [-0.15, -0.1) is 0 Å². The first kappa shape index (κ1) is 19.1. The second-order valence-corrected chi connectivity index (χ2v) is 9.18. The van der Waals surface area contributed by atoms with Gasteiger partial charge in [0.2, 0.25) is 5.95 Å². The van der Waals surface area contributed by atoms with Crippen molar-refractivity contribution in [1.29, 1.82) is 0 Å².